The fraction of sp³-hybridized carbons (Fsp3) is 0.333. The lowest BCUT2D eigenvalue weighted by atomic mass is 10.2. The third-order valence-corrected chi connectivity index (χ3v) is 0.788. The summed E-state index contributed by atoms with van der Waals surface area (Å²) < 4.78 is 23.2. The first-order valence-electron chi connectivity index (χ1n) is 2.28. The molecule has 2 heteroatoms. The maximum absolute atomic E-state index is 12.0. The van der Waals surface area contributed by atoms with E-state index in [9.17, 15) is 8.78 Å². The van der Waals surface area contributed by atoms with Crippen LogP contribution in [0.5, 0.6) is 0 Å². The van der Waals surface area contributed by atoms with Crippen LogP contribution in [0.15, 0.2) is 24.6 Å². The molecule has 1 atom stereocenters. The van der Waals surface area contributed by atoms with Crippen molar-refractivity contribution in [1.82, 2.24) is 0 Å². The van der Waals surface area contributed by atoms with Crippen molar-refractivity contribution in [1.29, 1.82) is 0 Å². The second-order valence-corrected chi connectivity index (χ2v) is 1.48. The molecule has 0 aromatic carbocycles. The van der Waals surface area contributed by atoms with Crippen LogP contribution in [0.1, 0.15) is 6.92 Å². The first kappa shape index (κ1) is 7.34. The molecule has 0 aromatic heterocycles. The Morgan fingerprint density at radius 3 is 2.38 bits per heavy atom. The van der Waals surface area contributed by atoms with Crippen molar-refractivity contribution < 1.29 is 8.78 Å². The molecule has 46 valence electrons. The molecule has 0 spiro atoms. The highest BCUT2D eigenvalue weighted by atomic mass is 19.1. The van der Waals surface area contributed by atoms with E-state index in [2.05, 4.69) is 6.58 Å². The van der Waals surface area contributed by atoms with Gasteiger partial charge >= 0.3 is 0 Å². The van der Waals surface area contributed by atoms with E-state index in [0.717, 1.165) is 6.08 Å². The first-order valence-corrected chi connectivity index (χ1v) is 2.28. The monoisotopic (exact) mass is 118 g/mol. The molecule has 0 aromatic rings. The molecule has 8 heavy (non-hydrogen) atoms. The lowest BCUT2D eigenvalue weighted by Crippen LogP contribution is -1.91. The lowest BCUT2D eigenvalue weighted by molar-refractivity contribution is 0.417. The molecule has 0 saturated heterocycles. The van der Waals surface area contributed by atoms with Gasteiger partial charge in [0.2, 0.25) is 0 Å². The van der Waals surface area contributed by atoms with Gasteiger partial charge in [0.1, 0.15) is 6.17 Å². The van der Waals surface area contributed by atoms with Gasteiger partial charge in [-0.3, -0.25) is 0 Å². The number of hydrogen-bond acceptors (Lipinski definition) is 0. The van der Waals surface area contributed by atoms with Crippen LogP contribution in [-0.2, 0) is 0 Å². The van der Waals surface area contributed by atoms with Gasteiger partial charge in [-0.2, -0.15) is 0 Å². The van der Waals surface area contributed by atoms with Crippen LogP contribution in [-0.4, -0.2) is 6.17 Å². The van der Waals surface area contributed by atoms with Gasteiger partial charge in [0.25, 0.3) is 0 Å². The Hall–Kier alpha value is -0.660. The van der Waals surface area contributed by atoms with Gasteiger partial charge in [-0.15, -0.1) is 0 Å². The quantitative estimate of drug-likeness (QED) is 0.488. The fourth-order valence-corrected chi connectivity index (χ4v) is 0.214. The number of allylic oxidation sites excluding steroid dienone is 2. The first-order chi connectivity index (χ1) is 3.68. The summed E-state index contributed by atoms with van der Waals surface area (Å²) in [6.07, 6.45) is 0.130. The predicted octanol–water partition coefficient (Wildman–Crippen LogP) is 2.38. The van der Waals surface area contributed by atoms with Gasteiger partial charge in [0.15, 0.2) is 0 Å². The van der Waals surface area contributed by atoms with E-state index in [1.807, 2.05) is 0 Å². The van der Waals surface area contributed by atoms with Crippen molar-refractivity contribution >= 4 is 0 Å². The normalized spacial score (nSPS) is 14.4. The molecule has 0 nitrogen and oxygen atoms in total. The van der Waals surface area contributed by atoms with Crippen LogP contribution >= 0.6 is 0 Å². The van der Waals surface area contributed by atoms with E-state index in [1.54, 1.807) is 0 Å². The van der Waals surface area contributed by atoms with E-state index in [4.69, 9.17) is 0 Å². The number of alkyl halides is 1. The molecule has 0 heterocycles. The van der Waals surface area contributed by atoms with Gasteiger partial charge in [-0.25, -0.2) is 8.78 Å². The van der Waals surface area contributed by atoms with Gasteiger partial charge in [0.05, 0.1) is 6.33 Å². The van der Waals surface area contributed by atoms with Crippen LogP contribution in [0.3, 0.4) is 0 Å². The molecule has 0 amide bonds. The largest absolute Gasteiger partial charge is 0.243 e. The van der Waals surface area contributed by atoms with Gasteiger partial charge in [-0.1, -0.05) is 6.58 Å². The molecule has 0 N–H and O–H groups in total. The highest BCUT2D eigenvalue weighted by Gasteiger charge is 1.97. The zero-order valence-corrected chi connectivity index (χ0v) is 4.70. The summed E-state index contributed by atoms with van der Waals surface area (Å²) in [5.41, 5.74) is 0.160. The minimum Gasteiger partial charge on any atom is -0.243 e. The average molecular weight is 118 g/mol. The smallest absolute Gasteiger partial charge is 0.122 e. The summed E-state index contributed by atoms with van der Waals surface area (Å²) in [4.78, 5) is 0. The lowest BCUT2D eigenvalue weighted by Gasteiger charge is -1.95. The predicted molar refractivity (Wildman–Crippen MR) is 30.0 cm³/mol. The Kier molecular flexibility index (Phi) is 3.08. The van der Waals surface area contributed by atoms with Crippen LogP contribution in [0, 0.1) is 0 Å². The fourth-order valence-electron chi connectivity index (χ4n) is 0.214. The number of rotatable bonds is 2. The van der Waals surface area contributed by atoms with Crippen LogP contribution < -0.4 is 0 Å². The number of halogens is 2. The Morgan fingerprint density at radius 2 is 2.25 bits per heavy atom. The summed E-state index contributed by atoms with van der Waals surface area (Å²) in [5.74, 6) is 0. The van der Waals surface area contributed by atoms with E-state index < -0.39 is 6.17 Å². The minimum absolute atomic E-state index is 0.160. The molecule has 0 aliphatic rings. The molecule has 0 fully saturated rings. The summed E-state index contributed by atoms with van der Waals surface area (Å²) in [5, 5.41) is 0. The summed E-state index contributed by atoms with van der Waals surface area (Å²) >= 11 is 0. The van der Waals surface area contributed by atoms with E-state index in [0.29, 0.717) is 0 Å². The topological polar surface area (TPSA) is 0 Å². The Labute approximate surface area is 47.5 Å². The molecule has 1 unspecified atom stereocenters. The molecule has 0 saturated carbocycles. The highest BCUT2D eigenvalue weighted by Crippen LogP contribution is 2.03. The molecular formula is C6H8F2. The van der Waals surface area contributed by atoms with Gasteiger partial charge < -0.3 is 0 Å². The zero-order chi connectivity index (χ0) is 6.57. The molecule has 0 aliphatic carbocycles. The average Bonchev–Trinajstić information content (AvgIpc) is 1.67. The standard InChI is InChI=1S/C6H8F2/c1-5(3-4-7)6(2)8/h3-4,6H,1H2,2H3/b4-3+. The molecular weight excluding hydrogens is 110 g/mol. The third kappa shape index (κ3) is 2.50. The van der Waals surface area contributed by atoms with Crippen molar-refractivity contribution in [2.24, 2.45) is 0 Å². The SMILES string of the molecule is C=C(/C=C/F)C(C)F. The van der Waals surface area contributed by atoms with Crippen molar-refractivity contribution in [2.75, 3.05) is 0 Å². The summed E-state index contributed by atoms with van der Waals surface area (Å²) in [6, 6.07) is 0. The van der Waals surface area contributed by atoms with E-state index in [-0.39, 0.29) is 11.9 Å². The van der Waals surface area contributed by atoms with Crippen LogP contribution in [0.25, 0.3) is 0 Å². The van der Waals surface area contributed by atoms with Crippen molar-refractivity contribution in [3.05, 3.63) is 24.6 Å². The summed E-state index contributed by atoms with van der Waals surface area (Å²) in [7, 11) is 0. The maximum atomic E-state index is 12.0. The Bertz CT molecular complexity index is 103. The van der Waals surface area contributed by atoms with Crippen molar-refractivity contribution in [3.63, 3.8) is 0 Å². The van der Waals surface area contributed by atoms with E-state index in [1.165, 1.54) is 6.92 Å². The van der Waals surface area contributed by atoms with Gasteiger partial charge in [0, 0.05) is 0 Å². The molecule has 0 rings (SSSR count). The number of hydrogen-bond donors (Lipinski definition) is 0. The van der Waals surface area contributed by atoms with Gasteiger partial charge in [-0.05, 0) is 18.6 Å². The highest BCUT2D eigenvalue weighted by molar-refractivity contribution is 5.16. The Balaban J connectivity index is 3.66. The Morgan fingerprint density at radius 1 is 1.75 bits per heavy atom. The van der Waals surface area contributed by atoms with Crippen LogP contribution in [0.4, 0.5) is 8.78 Å². The second kappa shape index (κ2) is 3.36. The van der Waals surface area contributed by atoms with Crippen molar-refractivity contribution in [2.45, 2.75) is 13.1 Å². The minimum atomic E-state index is -1.15. The van der Waals surface area contributed by atoms with Crippen molar-refractivity contribution in [3.8, 4) is 0 Å². The molecule has 0 radical (unpaired) electrons. The van der Waals surface area contributed by atoms with Crippen LogP contribution in [0.2, 0.25) is 0 Å². The molecule has 0 aliphatic heterocycles. The zero-order valence-electron chi connectivity index (χ0n) is 4.70. The second-order valence-electron chi connectivity index (χ2n) is 1.48. The molecule has 0 bridgehead atoms. The van der Waals surface area contributed by atoms with E-state index >= 15 is 0 Å². The third-order valence-electron chi connectivity index (χ3n) is 0.788. The summed E-state index contributed by atoms with van der Waals surface area (Å²) in [6.45, 7) is 4.55. The maximum Gasteiger partial charge on any atom is 0.122 e.